The topological polar surface area (TPSA) is 36.4 Å². The fraction of sp³-hybridized carbons (Fsp3) is 0.636. The van der Waals surface area contributed by atoms with Crippen LogP contribution in [0.4, 0.5) is 0 Å². The molecule has 4 nitrogen and oxygen atoms in total. The molecule has 0 atom stereocenters. The highest BCUT2D eigenvalue weighted by molar-refractivity contribution is 7.09. The fourth-order valence-electron chi connectivity index (χ4n) is 1.89. The first kappa shape index (κ1) is 14.4. The van der Waals surface area contributed by atoms with E-state index in [1.54, 1.807) is 18.3 Å². The first-order chi connectivity index (χ1) is 7.65. The molecule has 0 spiro atoms. The predicted molar refractivity (Wildman–Crippen MR) is 71.6 cm³/mol. The maximum atomic E-state index is 11.2. The second kappa shape index (κ2) is 6.33. The number of thiazole rings is 1. The van der Waals surface area contributed by atoms with Gasteiger partial charge in [-0.25, -0.2) is 4.98 Å². The summed E-state index contributed by atoms with van der Waals surface area (Å²) in [4.78, 5) is 19.9. The van der Waals surface area contributed by atoms with Crippen LogP contribution < -0.4 is 0 Å². The van der Waals surface area contributed by atoms with Gasteiger partial charge in [0.25, 0.3) is 0 Å². The Labute approximate surface area is 112 Å². The number of aromatic nitrogens is 1. The van der Waals surface area contributed by atoms with Gasteiger partial charge in [-0.3, -0.25) is 9.69 Å². The molecule has 1 fully saturated rings. The number of aryl methyl sites for hydroxylation is 1. The Bertz CT molecular complexity index is 375. The number of amides is 1. The van der Waals surface area contributed by atoms with E-state index in [1.807, 2.05) is 11.8 Å². The molecule has 2 heterocycles. The summed E-state index contributed by atoms with van der Waals surface area (Å²) < 4.78 is 0. The van der Waals surface area contributed by atoms with E-state index in [-0.39, 0.29) is 18.3 Å². The molecule has 0 unspecified atom stereocenters. The molecule has 0 saturated carbocycles. The Hall–Kier alpha value is -0.650. The van der Waals surface area contributed by atoms with Crippen LogP contribution in [0.3, 0.4) is 0 Å². The van der Waals surface area contributed by atoms with Crippen LogP contribution in [-0.4, -0.2) is 46.9 Å². The number of hydrogen-bond donors (Lipinski definition) is 0. The smallest absolute Gasteiger partial charge is 0.219 e. The summed E-state index contributed by atoms with van der Waals surface area (Å²) in [6.07, 6.45) is 0. The Kier molecular flexibility index (Phi) is 5.36. The molecular weight excluding hydrogens is 258 g/mol. The van der Waals surface area contributed by atoms with Crippen LogP contribution in [0.5, 0.6) is 0 Å². The molecule has 17 heavy (non-hydrogen) atoms. The number of piperazine rings is 1. The molecule has 1 saturated heterocycles. The predicted octanol–water partition coefficient (Wildman–Crippen LogP) is 1.54. The van der Waals surface area contributed by atoms with Gasteiger partial charge in [0.1, 0.15) is 5.01 Å². The highest BCUT2D eigenvalue weighted by atomic mass is 35.5. The summed E-state index contributed by atoms with van der Waals surface area (Å²) in [6.45, 7) is 8.19. The van der Waals surface area contributed by atoms with Crippen LogP contribution >= 0.6 is 23.7 Å². The largest absolute Gasteiger partial charge is 0.340 e. The van der Waals surface area contributed by atoms with Gasteiger partial charge in [-0.2, -0.15) is 0 Å². The zero-order valence-corrected chi connectivity index (χ0v) is 11.8. The van der Waals surface area contributed by atoms with Gasteiger partial charge in [0.15, 0.2) is 0 Å². The zero-order chi connectivity index (χ0) is 11.5. The molecule has 0 N–H and O–H groups in total. The van der Waals surface area contributed by atoms with Crippen LogP contribution in [0, 0.1) is 6.92 Å². The third kappa shape index (κ3) is 3.94. The lowest BCUT2D eigenvalue weighted by Gasteiger charge is -2.33. The molecule has 0 aliphatic carbocycles. The number of nitrogens with zero attached hydrogens (tertiary/aromatic N) is 3. The molecule has 96 valence electrons. The van der Waals surface area contributed by atoms with Gasteiger partial charge in [0.2, 0.25) is 5.91 Å². The Balaban J connectivity index is 0.00000144. The van der Waals surface area contributed by atoms with Crippen LogP contribution in [-0.2, 0) is 11.3 Å². The summed E-state index contributed by atoms with van der Waals surface area (Å²) in [5.74, 6) is 0.185. The van der Waals surface area contributed by atoms with Gasteiger partial charge in [0.05, 0.1) is 6.54 Å². The lowest BCUT2D eigenvalue weighted by atomic mass is 10.3. The van der Waals surface area contributed by atoms with Crippen LogP contribution in [0.1, 0.15) is 17.6 Å². The molecule has 6 heteroatoms. The molecule has 0 aromatic carbocycles. The molecule has 1 aromatic heterocycles. The summed E-state index contributed by atoms with van der Waals surface area (Å²) in [6, 6.07) is 0. The van der Waals surface area contributed by atoms with Crippen LogP contribution in [0.2, 0.25) is 0 Å². The van der Waals surface area contributed by atoms with Gasteiger partial charge in [-0.1, -0.05) is 0 Å². The monoisotopic (exact) mass is 275 g/mol. The lowest BCUT2D eigenvalue weighted by molar-refractivity contribution is -0.130. The van der Waals surface area contributed by atoms with E-state index >= 15 is 0 Å². The van der Waals surface area contributed by atoms with Crippen molar-refractivity contribution in [3.63, 3.8) is 0 Å². The summed E-state index contributed by atoms with van der Waals surface area (Å²) in [7, 11) is 0. The molecule has 1 aliphatic rings. The van der Waals surface area contributed by atoms with E-state index < -0.39 is 0 Å². The van der Waals surface area contributed by atoms with Gasteiger partial charge in [-0.05, 0) is 6.92 Å². The molecule has 1 amide bonds. The maximum absolute atomic E-state index is 11.2. The number of halogens is 1. The molecule has 1 aromatic rings. The minimum absolute atomic E-state index is 0. The van der Waals surface area contributed by atoms with Crippen LogP contribution in [0.15, 0.2) is 5.38 Å². The Morgan fingerprint density at radius 2 is 2.06 bits per heavy atom. The third-order valence-corrected chi connectivity index (χ3v) is 3.79. The number of carbonyl (C=O) groups excluding carboxylic acids is 1. The average Bonchev–Trinajstić information content (AvgIpc) is 2.65. The van der Waals surface area contributed by atoms with Crippen molar-refractivity contribution in [2.24, 2.45) is 0 Å². The van der Waals surface area contributed by atoms with E-state index in [0.717, 1.165) is 38.4 Å². The van der Waals surface area contributed by atoms with Crippen molar-refractivity contribution in [2.45, 2.75) is 20.4 Å². The first-order valence-corrected chi connectivity index (χ1v) is 6.42. The van der Waals surface area contributed by atoms with Crippen molar-refractivity contribution in [2.75, 3.05) is 26.2 Å². The third-order valence-electron chi connectivity index (χ3n) is 2.84. The molecule has 2 rings (SSSR count). The van der Waals surface area contributed by atoms with Crippen molar-refractivity contribution in [1.82, 2.24) is 14.8 Å². The summed E-state index contributed by atoms with van der Waals surface area (Å²) in [5.41, 5.74) is 1.10. The van der Waals surface area contributed by atoms with E-state index in [0.29, 0.717) is 0 Å². The van der Waals surface area contributed by atoms with Gasteiger partial charge < -0.3 is 4.90 Å². The fourth-order valence-corrected chi connectivity index (χ4v) is 2.70. The van der Waals surface area contributed by atoms with Crippen molar-refractivity contribution < 1.29 is 4.79 Å². The standard InChI is InChI=1S/C11H17N3OS.ClH/c1-9-8-16-11(12-9)7-13-3-5-14(6-4-13)10(2)15;/h8H,3-7H2,1-2H3;1H. The average molecular weight is 276 g/mol. The van der Waals surface area contributed by atoms with E-state index in [4.69, 9.17) is 0 Å². The first-order valence-electron chi connectivity index (χ1n) is 5.54. The van der Waals surface area contributed by atoms with Gasteiger partial charge in [-0.15, -0.1) is 23.7 Å². The number of rotatable bonds is 2. The maximum Gasteiger partial charge on any atom is 0.219 e. The summed E-state index contributed by atoms with van der Waals surface area (Å²) >= 11 is 1.72. The second-order valence-corrected chi connectivity index (χ2v) is 5.11. The van der Waals surface area contributed by atoms with Crippen molar-refractivity contribution in [3.8, 4) is 0 Å². The normalized spacial score (nSPS) is 16.7. The van der Waals surface area contributed by atoms with Crippen molar-refractivity contribution >= 4 is 29.7 Å². The SMILES string of the molecule is CC(=O)N1CCN(Cc2nc(C)cs2)CC1.Cl. The number of hydrogen-bond acceptors (Lipinski definition) is 4. The summed E-state index contributed by atoms with van der Waals surface area (Å²) in [5, 5.41) is 3.26. The Morgan fingerprint density at radius 1 is 1.41 bits per heavy atom. The van der Waals surface area contributed by atoms with Gasteiger partial charge >= 0.3 is 0 Å². The van der Waals surface area contributed by atoms with E-state index in [1.165, 1.54) is 5.01 Å². The minimum atomic E-state index is 0. The Morgan fingerprint density at radius 3 is 2.53 bits per heavy atom. The molecule has 0 bridgehead atoms. The minimum Gasteiger partial charge on any atom is -0.340 e. The molecular formula is C11H18ClN3OS. The van der Waals surface area contributed by atoms with Crippen LogP contribution in [0.25, 0.3) is 0 Å². The highest BCUT2D eigenvalue weighted by Crippen LogP contribution is 2.13. The number of carbonyl (C=O) groups is 1. The molecule has 0 radical (unpaired) electrons. The zero-order valence-electron chi connectivity index (χ0n) is 10.2. The van der Waals surface area contributed by atoms with E-state index in [9.17, 15) is 4.79 Å². The molecule has 1 aliphatic heterocycles. The second-order valence-electron chi connectivity index (χ2n) is 4.16. The lowest BCUT2D eigenvalue weighted by Crippen LogP contribution is -2.47. The van der Waals surface area contributed by atoms with E-state index in [2.05, 4.69) is 15.3 Å². The van der Waals surface area contributed by atoms with Gasteiger partial charge in [0, 0.05) is 44.2 Å². The van der Waals surface area contributed by atoms with Crippen molar-refractivity contribution in [1.29, 1.82) is 0 Å². The highest BCUT2D eigenvalue weighted by Gasteiger charge is 2.19. The quantitative estimate of drug-likeness (QED) is 0.822. The van der Waals surface area contributed by atoms with Crippen molar-refractivity contribution in [3.05, 3.63) is 16.1 Å².